The number of aryl methyl sites for hydroxylation is 1. The third kappa shape index (κ3) is 2.10. The summed E-state index contributed by atoms with van der Waals surface area (Å²) in [5.74, 6) is 1.32. The monoisotopic (exact) mass is 253 g/mol. The quantitative estimate of drug-likeness (QED) is 0.843. The highest BCUT2D eigenvalue weighted by Gasteiger charge is 2.16. The molecule has 2 aromatic rings. The van der Waals surface area contributed by atoms with Gasteiger partial charge in [-0.2, -0.15) is 5.10 Å². The van der Waals surface area contributed by atoms with E-state index >= 15 is 0 Å². The van der Waals surface area contributed by atoms with E-state index in [2.05, 4.69) is 15.3 Å². The van der Waals surface area contributed by atoms with Crippen molar-refractivity contribution in [2.75, 3.05) is 6.61 Å². The van der Waals surface area contributed by atoms with E-state index in [0.717, 1.165) is 17.9 Å². The largest absolute Gasteiger partial charge is 0.476 e. The summed E-state index contributed by atoms with van der Waals surface area (Å²) in [6.07, 6.45) is 1.91. The van der Waals surface area contributed by atoms with Crippen LogP contribution in [0.3, 0.4) is 0 Å². The molecule has 0 bridgehead atoms. The molecular formula is C10H15N5OS. The minimum Gasteiger partial charge on any atom is -0.476 e. The van der Waals surface area contributed by atoms with Crippen molar-refractivity contribution in [3.8, 4) is 17.3 Å². The van der Waals surface area contributed by atoms with Crippen LogP contribution in [0.5, 0.6) is 5.88 Å². The maximum absolute atomic E-state index is 5.50. The second-order valence-electron chi connectivity index (χ2n) is 3.55. The van der Waals surface area contributed by atoms with Crippen molar-refractivity contribution >= 4 is 12.2 Å². The van der Waals surface area contributed by atoms with Crippen molar-refractivity contribution in [3.63, 3.8) is 0 Å². The van der Waals surface area contributed by atoms with Crippen LogP contribution in [0.1, 0.15) is 13.8 Å². The predicted octanol–water partition coefficient (Wildman–Crippen LogP) is 1.76. The Hall–Kier alpha value is -1.63. The zero-order chi connectivity index (χ0) is 12.4. The maximum Gasteiger partial charge on any atom is 0.243 e. The number of rotatable bonds is 4. The summed E-state index contributed by atoms with van der Waals surface area (Å²) in [4.78, 5) is 0. The number of hydrogen-bond acceptors (Lipinski definition) is 4. The van der Waals surface area contributed by atoms with Crippen LogP contribution in [0.15, 0.2) is 6.20 Å². The molecule has 2 aromatic heterocycles. The Bertz CT molecular complexity index is 568. The lowest BCUT2D eigenvalue weighted by Crippen LogP contribution is -1.98. The lowest BCUT2D eigenvalue weighted by atomic mass is 10.3. The molecule has 0 fully saturated rings. The Balaban J connectivity index is 2.53. The molecule has 2 heterocycles. The maximum atomic E-state index is 5.50. The Labute approximate surface area is 104 Å². The van der Waals surface area contributed by atoms with Gasteiger partial charge in [-0.3, -0.25) is 9.78 Å². The fourth-order valence-corrected chi connectivity index (χ4v) is 1.68. The van der Waals surface area contributed by atoms with Crippen molar-refractivity contribution in [1.82, 2.24) is 24.5 Å². The van der Waals surface area contributed by atoms with Crippen molar-refractivity contribution in [2.24, 2.45) is 7.05 Å². The zero-order valence-electron chi connectivity index (χ0n) is 10.1. The van der Waals surface area contributed by atoms with Gasteiger partial charge >= 0.3 is 0 Å². The Morgan fingerprint density at radius 2 is 2.24 bits per heavy atom. The average Bonchev–Trinajstić information content (AvgIpc) is 2.85. The molecule has 92 valence electrons. The van der Waals surface area contributed by atoms with Crippen LogP contribution in [0.25, 0.3) is 11.4 Å². The molecule has 2 rings (SSSR count). The molecule has 0 radical (unpaired) electrons. The number of H-pyrrole nitrogens is 1. The smallest absolute Gasteiger partial charge is 0.243 e. The summed E-state index contributed by atoms with van der Waals surface area (Å²) in [5.41, 5.74) is 0.851. The molecule has 0 spiro atoms. The summed E-state index contributed by atoms with van der Waals surface area (Å²) in [5, 5.41) is 11.3. The van der Waals surface area contributed by atoms with Crippen LogP contribution >= 0.6 is 12.2 Å². The lowest BCUT2D eigenvalue weighted by Gasteiger charge is -2.01. The summed E-state index contributed by atoms with van der Waals surface area (Å²) in [6, 6.07) is 0. The molecule has 0 unspecified atom stereocenters. The molecule has 7 heteroatoms. The highest BCUT2D eigenvalue weighted by molar-refractivity contribution is 7.71. The van der Waals surface area contributed by atoms with E-state index in [1.165, 1.54) is 0 Å². The number of hydrogen-bond donors (Lipinski definition) is 1. The van der Waals surface area contributed by atoms with Gasteiger partial charge in [-0.15, -0.1) is 5.10 Å². The minimum atomic E-state index is 0.572. The van der Waals surface area contributed by atoms with E-state index in [1.807, 2.05) is 31.8 Å². The highest BCUT2D eigenvalue weighted by atomic mass is 32.1. The number of nitrogens with one attached hydrogen (secondary N) is 1. The lowest BCUT2D eigenvalue weighted by molar-refractivity contribution is 0.322. The van der Waals surface area contributed by atoms with Crippen LogP contribution in [0.2, 0.25) is 0 Å². The first-order valence-electron chi connectivity index (χ1n) is 5.49. The molecular weight excluding hydrogens is 238 g/mol. The molecule has 17 heavy (non-hydrogen) atoms. The molecule has 1 N–H and O–H groups in total. The van der Waals surface area contributed by atoms with Crippen molar-refractivity contribution in [1.29, 1.82) is 0 Å². The number of aromatic amines is 1. The first-order valence-corrected chi connectivity index (χ1v) is 5.90. The van der Waals surface area contributed by atoms with Crippen LogP contribution in [-0.4, -0.2) is 31.2 Å². The van der Waals surface area contributed by atoms with Gasteiger partial charge in [-0.1, -0.05) is 0 Å². The molecule has 0 amide bonds. The molecule has 0 aliphatic carbocycles. The zero-order valence-corrected chi connectivity index (χ0v) is 10.9. The van der Waals surface area contributed by atoms with Crippen LogP contribution in [0.4, 0.5) is 0 Å². The first kappa shape index (κ1) is 11.8. The van der Waals surface area contributed by atoms with E-state index in [4.69, 9.17) is 17.0 Å². The second kappa shape index (κ2) is 4.70. The Morgan fingerprint density at radius 3 is 2.76 bits per heavy atom. The third-order valence-electron chi connectivity index (χ3n) is 2.45. The predicted molar refractivity (Wildman–Crippen MR) is 66.5 cm³/mol. The van der Waals surface area contributed by atoms with Gasteiger partial charge in [-0.25, -0.2) is 0 Å². The Kier molecular flexibility index (Phi) is 3.28. The molecule has 0 aliphatic heterocycles. The van der Waals surface area contributed by atoms with Crippen molar-refractivity contribution in [3.05, 3.63) is 11.0 Å². The van der Waals surface area contributed by atoms with Crippen LogP contribution in [-0.2, 0) is 13.6 Å². The first-order chi connectivity index (χ1) is 8.17. The third-order valence-corrected chi connectivity index (χ3v) is 2.82. The van der Waals surface area contributed by atoms with E-state index in [1.54, 1.807) is 4.57 Å². The molecule has 0 atom stereocenters. The number of ether oxygens (including phenoxy) is 1. The fourth-order valence-electron chi connectivity index (χ4n) is 1.55. The van der Waals surface area contributed by atoms with Gasteiger partial charge in [0.15, 0.2) is 10.6 Å². The van der Waals surface area contributed by atoms with Gasteiger partial charge in [0.25, 0.3) is 0 Å². The van der Waals surface area contributed by atoms with E-state index in [9.17, 15) is 0 Å². The van der Waals surface area contributed by atoms with Crippen LogP contribution in [0, 0.1) is 4.77 Å². The van der Waals surface area contributed by atoms with E-state index < -0.39 is 0 Å². The standard InChI is InChI=1S/C10H15N5OS/c1-4-15-6-7(9(13-15)16-5-2)8-11-12-10(17)14(8)3/h6H,4-5H2,1-3H3,(H,12,17). The van der Waals surface area contributed by atoms with Gasteiger partial charge in [0, 0.05) is 19.8 Å². The average molecular weight is 253 g/mol. The number of aromatic nitrogens is 5. The van der Waals surface area contributed by atoms with Gasteiger partial charge in [0.2, 0.25) is 5.88 Å². The van der Waals surface area contributed by atoms with Gasteiger partial charge in [0.1, 0.15) is 5.56 Å². The fraction of sp³-hybridized carbons (Fsp3) is 0.500. The minimum absolute atomic E-state index is 0.572. The highest BCUT2D eigenvalue weighted by Crippen LogP contribution is 2.26. The summed E-state index contributed by atoms with van der Waals surface area (Å²) in [7, 11) is 1.86. The molecule has 0 saturated heterocycles. The topological polar surface area (TPSA) is 60.7 Å². The molecule has 0 aliphatic rings. The molecule has 6 nitrogen and oxygen atoms in total. The Morgan fingerprint density at radius 1 is 1.47 bits per heavy atom. The second-order valence-corrected chi connectivity index (χ2v) is 3.93. The summed E-state index contributed by atoms with van der Waals surface area (Å²) in [6.45, 7) is 5.31. The van der Waals surface area contributed by atoms with E-state index in [-0.39, 0.29) is 0 Å². The summed E-state index contributed by atoms with van der Waals surface area (Å²) < 4.78 is 9.70. The SMILES string of the molecule is CCOc1nn(CC)cc1-c1n[nH]c(=S)n1C. The van der Waals surface area contributed by atoms with Crippen LogP contribution < -0.4 is 4.74 Å². The van der Waals surface area contributed by atoms with Crippen molar-refractivity contribution < 1.29 is 4.74 Å². The normalized spacial score (nSPS) is 10.8. The van der Waals surface area contributed by atoms with Gasteiger partial charge < -0.3 is 9.30 Å². The van der Waals surface area contributed by atoms with Crippen molar-refractivity contribution in [2.45, 2.75) is 20.4 Å². The molecule has 0 saturated carbocycles. The summed E-state index contributed by atoms with van der Waals surface area (Å²) >= 11 is 5.09. The van der Waals surface area contributed by atoms with E-state index in [0.29, 0.717) is 17.3 Å². The van der Waals surface area contributed by atoms with Gasteiger partial charge in [0.05, 0.1) is 6.61 Å². The van der Waals surface area contributed by atoms with Gasteiger partial charge in [-0.05, 0) is 26.1 Å². The number of nitrogens with zero attached hydrogens (tertiary/aromatic N) is 4. The molecule has 0 aromatic carbocycles.